The van der Waals surface area contributed by atoms with E-state index in [0.717, 1.165) is 66.0 Å². The van der Waals surface area contributed by atoms with Gasteiger partial charge in [-0.2, -0.15) is 0 Å². The number of aryl methyl sites for hydroxylation is 1. The van der Waals surface area contributed by atoms with Gasteiger partial charge in [-0.3, -0.25) is 9.69 Å². The highest BCUT2D eigenvalue weighted by Gasteiger charge is 2.24. The number of hydrogen-bond donors (Lipinski definition) is 0. The van der Waals surface area contributed by atoms with Gasteiger partial charge in [0.1, 0.15) is 0 Å². The van der Waals surface area contributed by atoms with Crippen LogP contribution in [0.1, 0.15) is 21.5 Å². The van der Waals surface area contributed by atoms with Crippen LogP contribution in [0.4, 0.5) is 0 Å². The Morgan fingerprint density at radius 1 is 0.882 bits per heavy atom. The van der Waals surface area contributed by atoms with E-state index in [-0.39, 0.29) is 5.91 Å². The van der Waals surface area contributed by atoms with E-state index >= 15 is 0 Å². The zero-order chi connectivity index (χ0) is 23.3. The van der Waals surface area contributed by atoms with E-state index in [9.17, 15) is 4.79 Å². The number of amides is 1. The van der Waals surface area contributed by atoms with Gasteiger partial charge in [0.25, 0.3) is 5.91 Å². The fourth-order valence-electron chi connectivity index (χ4n) is 4.56. The minimum Gasteiger partial charge on any atom is -0.336 e. The average molecular weight is 448 g/mol. The minimum atomic E-state index is 0.0907. The SMILES string of the molecule is Cc1ccccc1-c1cc(C(=O)N2CCN(CC=Cc3ccccc3)CC2)c2ccccc2n1. The van der Waals surface area contributed by atoms with Crippen molar-refractivity contribution >= 4 is 22.9 Å². The lowest BCUT2D eigenvalue weighted by Gasteiger charge is -2.34. The van der Waals surface area contributed by atoms with Gasteiger partial charge in [0.2, 0.25) is 0 Å². The largest absolute Gasteiger partial charge is 0.336 e. The summed E-state index contributed by atoms with van der Waals surface area (Å²) in [6, 6.07) is 28.5. The maximum Gasteiger partial charge on any atom is 0.254 e. The summed E-state index contributed by atoms with van der Waals surface area (Å²) in [5.41, 5.74) is 5.88. The van der Waals surface area contributed by atoms with Crippen LogP contribution < -0.4 is 0 Å². The highest BCUT2D eigenvalue weighted by molar-refractivity contribution is 6.07. The van der Waals surface area contributed by atoms with Gasteiger partial charge in [-0.05, 0) is 30.2 Å². The zero-order valence-corrected chi connectivity index (χ0v) is 19.5. The number of pyridine rings is 1. The Labute approximate surface area is 201 Å². The Hall–Kier alpha value is -3.76. The number of para-hydroxylation sites is 1. The van der Waals surface area contributed by atoms with Crippen LogP contribution in [0.15, 0.2) is 91.0 Å². The molecule has 3 aromatic carbocycles. The van der Waals surface area contributed by atoms with E-state index in [0.29, 0.717) is 0 Å². The van der Waals surface area contributed by atoms with Crippen LogP contribution in [0.5, 0.6) is 0 Å². The lowest BCUT2D eigenvalue weighted by Crippen LogP contribution is -2.48. The molecule has 0 N–H and O–H groups in total. The number of nitrogens with zero attached hydrogens (tertiary/aromatic N) is 3. The Kier molecular flexibility index (Phi) is 6.50. The van der Waals surface area contributed by atoms with Gasteiger partial charge in [0.05, 0.1) is 16.8 Å². The fraction of sp³-hybridized carbons (Fsp3) is 0.200. The molecule has 0 unspecified atom stereocenters. The molecule has 0 aliphatic carbocycles. The maximum atomic E-state index is 13.7. The number of piperazine rings is 1. The first-order chi connectivity index (χ1) is 16.7. The molecule has 5 rings (SSSR count). The monoisotopic (exact) mass is 447 g/mol. The van der Waals surface area contributed by atoms with Gasteiger partial charge < -0.3 is 4.90 Å². The normalized spacial score (nSPS) is 14.7. The third-order valence-electron chi connectivity index (χ3n) is 6.50. The van der Waals surface area contributed by atoms with Crippen LogP contribution in [0.3, 0.4) is 0 Å². The van der Waals surface area contributed by atoms with Gasteiger partial charge in [-0.1, -0.05) is 84.9 Å². The molecule has 34 heavy (non-hydrogen) atoms. The van der Waals surface area contributed by atoms with Crippen LogP contribution in [-0.4, -0.2) is 53.4 Å². The van der Waals surface area contributed by atoms with E-state index in [1.165, 1.54) is 5.56 Å². The van der Waals surface area contributed by atoms with Crippen LogP contribution in [0.25, 0.3) is 28.2 Å². The van der Waals surface area contributed by atoms with E-state index in [1.807, 2.05) is 53.4 Å². The van der Waals surface area contributed by atoms with Crippen molar-refractivity contribution in [3.63, 3.8) is 0 Å². The first kappa shape index (κ1) is 22.1. The van der Waals surface area contributed by atoms with E-state index in [4.69, 9.17) is 4.98 Å². The molecule has 4 heteroatoms. The van der Waals surface area contributed by atoms with Crippen molar-refractivity contribution in [2.75, 3.05) is 32.7 Å². The molecule has 0 atom stereocenters. The molecule has 1 saturated heterocycles. The van der Waals surface area contributed by atoms with Crippen LogP contribution in [-0.2, 0) is 0 Å². The van der Waals surface area contributed by atoms with Crippen molar-refractivity contribution in [2.24, 2.45) is 0 Å². The number of fused-ring (bicyclic) bond motifs is 1. The van der Waals surface area contributed by atoms with Gasteiger partial charge in [0.15, 0.2) is 0 Å². The van der Waals surface area contributed by atoms with Gasteiger partial charge in [-0.25, -0.2) is 4.98 Å². The summed E-state index contributed by atoms with van der Waals surface area (Å²) < 4.78 is 0. The van der Waals surface area contributed by atoms with Crippen LogP contribution in [0.2, 0.25) is 0 Å². The van der Waals surface area contributed by atoms with Crippen molar-refractivity contribution in [2.45, 2.75) is 6.92 Å². The second-order valence-electron chi connectivity index (χ2n) is 8.79. The lowest BCUT2D eigenvalue weighted by molar-refractivity contribution is 0.0652. The van der Waals surface area contributed by atoms with Crippen molar-refractivity contribution in [3.8, 4) is 11.3 Å². The Bertz CT molecular complexity index is 1320. The smallest absolute Gasteiger partial charge is 0.254 e. The molecule has 1 amide bonds. The molecule has 0 saturated carbocycles. The highest BCUT2D eigenvalue weighted by atomic mass is 16.2. The molecule has 1 fully saturated rings. The van der Waals surface area contributed by atoms with Gasteiger partial charge >= 0.3 is 0 Å². The minimum absolute atomic E-state index is 0.0907. The van der Waals surface area contributed by atoms with Crippen LogP contribution >= 0.6 is 0 Å². The zero-order valence-electron chi connectivity index (χ0n) is 19.5. The maximum absolute atomic E-state index is 13.7. The standard InChI is InChI=1S/C30H29N3O/c1-23-10-5-6-14-25(23)29-22-27(26-15-7-8-16-28(26)31-29)30(34)33-20-18-32(19-21-33)17-9-13-24-11-3-2-4-12-24/h2-16,22H,17-21H2,1H3. The molecule has 170 valence electrons. The van der Waals surface area contributed by atoms with Crippen LogP contribution in [0, 0.1) is 6.92 Å². The third-order valence-corrected chi connectivity index (χ3v) is 6.50. The number of benzene rings is 3. The van der Waals surface area contributed by atoms with Crippen molar-refractivity contribution in [1.82, 2.24) is 14.8 Å². The molecular formula is C30H29N3O. The number of hydrogen-bond acceptors (Lipinski definition) is 3. The molecule has 0 spiro atoms. The summed E-state index contributed by atoms with van der Waals surface area (Å²) >= 11 is 0. The molecule has 2 heterocycles. The predicted molar refractivity (Wildman–Crippen MR) is 140 cm³/mol. The van der Waals surface area contributed by atoms with E-state index in [2.05, 4.69) is 60.4 Å². The molecule has 4 nitrogen and oxygen atoms in total. The Morgan fingerprint density at radius 3 is 2.38 bits per heavy atom. The van der Waals surface area contributed by atoms with Gasteiger partial charge in [-0.15, -0.1) is 0 Å². The first-order valence-electron chi connectivity index (χ1n) is 11.9. The van der Waals surface area contributed by atoms with E-state index < -0.39 is 0 Å². The van der Waals surface area contributed by atoms with Crippen molar-refractivity contribution in [3.05, 3.63) is 108 Å². The second-order valence-corrected chi connectivity index (χ2v) is 8.79. The highest BCUT2D eigenvalue weighted by Crippen LogP contribution is 2.28. The van der Waals surface area contributed by atoms with E-state index in [1.54, 1.807) is 0 Å². The second kappa shape index (κ2) is 10.0. The van der Waals surface area contributed by atoms with Gasteiger partial charge in [0, 0.05) is 43.7 Å². The Morgan fingerprint density at radius 2 is 1.59 bits per heavy atom. The summed E-state index contributed by atoms with van der Waals surface area (Å²) in [7, 11) is 0. The summed E-state index contributed by atoms with van der Waals surface area (Å²) in [5, 5.41) is 0.915. The third kappa shape index (κ3) is 4.78. The van der Waals surface area contributed by atoms with Crippen molar-refractivity contribution in [1.29, 1.82) is 0 Å². The predicted octanol–water partition coefficient (Wildman–Crippen LogP) is 5.68. The fourth-order valence-corrected chi connectivity index (χ4v) is 4.56. The van der Waals surface area contributed by atoms with Crippen molar-refractivity contribution < 1.29 is 4.79 Å². The average Bonchev–Trinajstić information content (AvgIpc) is 2.89. The lowest BCUT2D eigenvalue weighted by atomic mass is 10.0. The number of carbonyl (C=O) groups excluding carboxylic acids is 1. The molecule has 1 aliphatic heterocycles. The quantitative estimate of drug-likeness (QED) is 0.395. The summed E-state index contributed by atoms with van der Waals surface area (Å²) in [6.45, 7) is 6.19. The topological polar surface area (TPSA) is 36.4 Å². The number of aromatic nitrogens is 1. The molecular weight excluding hydrogens is 418 g/mol. The summed E-state index contributed by atoms with van der Waals surface area (Å²) in [4.78, 5) is 22.9. The Balaban J connectivity index is 1.33. The number of rotatable bonds is 5. The molecule has 1 aliphatic rings. The molecule has 0 bridgehead atoms. The number of carbonyl (C=O) groups is 1. The molecule has 0 radical (unpaired) electrons. The summed E-state index contributed by atoms with van der Waals surface area (Å²) in [5.74, 6) is 0.0907. The first-order valence-corrected chi connectivity index (χ1v) is 11.9. The summed E-state index contributed by atoms with van der Waals surface area (Å²) in [6.07, 6.45) is 4.37. The molecule has 1 aromatic heterocycles. The molecule has 4 aromatic rings.